The monoisotopic (exact) mass is 326 g/mol. The van der Waals surface area contributed by atoms with E-state index >= 15 is 0 Å². The molecule has 4 aromatic rings. The smallest absolute Gasteiger partial charge is 0.150 e. The van der Waals surface area contributed by atoms with Crippen molar-refractivity contribution in [2.75, 3.05) is 5.73 Å². The summed E-state index contributed by atoms with van der Waals surface area (Å²) in [4.78, 5) is 4.29. The van der Waals surface area contributed by atoms with E-state index in [4.69, 9.17) is 10.8 Å². The minimum Gasteiger partial charge on any atom is -0.382 e. The van der Waals surface area contributed by atoms with Gasteiger partial charge < -0.3 is 5.73 Å². The van der Waals surface area contributed by atoms with Gasteiger partial charge in [-0.1, -0.05) is 42.5 Å². The lowest BCUT2D eigenvalue weighted by Gasteiger charge is -2.05. The van der Waals surface area contributed by atoms with Crippen LogP contribution in [0, 0.1) is 0 Å². The number of nitrogens with two attached hydrogens (primary N) is 1. The summed E-state index contributed by atoms with van der Waals surface area (Å²) < 4.78 is 1.94. The van der Waals surface area contributed by atoms with Crippen LogP contribution in [0.4, 0.5) is 5.82 Å². The number of rotatable bonds is 2. The Bertz CT molecular complexity index is 1040. The molecule has 122 valence electrons. The molecule has 0 fully saturated rings. The molecular formula is C21H18N4. The summed E-state index contributed by atoms with van der Waals surface area (Å²) in [5, 5.41) is 6.09. The first-order valence-corrected chi connectivity index (χ1v) is 8.56. The molecule has 0 saturated carbocycles. The highest BCUT2D eigenvalue weighted by Crippen LogP contribution is 2.37. The third-order valence-corrected chi connectivity index (χ3v) is 5.09. The van der Waals surface area contributed by atoms with E-state index < -0.39 is 0 Å². The fourth-order valence-corrected chi connectivity index (χ4v) is 3.92. The molecule has 1 aliphatic carbocycles. The summed E-state index contributed by atoms with van der Waals surface area (Å²) in [6.07, 6.45) is 3.83. The number of hydrogen-bond donors (Lipinski definition) is 1. The Morgan fingerprint density at radius 2 is 1.56 bits per heavy atom. The zero-order chi connectivity index (χ0) is 16.8. The van der Waals surface area contributed by atoms with E-state index in [0.29, 0.717) is 11.7 Å². The van der Waals surface area contributed by atoms with Gasteiger partial charge in [0.1, 0.15) is 11.3 Å². The molecule has 0 spiro atoms. The van der Waals surface area contributed by atoms with Crippen molar-refractivity contribution < 1.29 is 0 Å². The number of nitrogen functional groups attached to an aromatic ring is 1. The topological polar surface area (TPSA) is 56.7 Å². The van der Waals surface area contributed by atoms with Crippen molar-refractivity contribution in [1.82, 2.24) is 14.8 Å². The molecule has 1 aliphatic rings. The summed E-state index contributed by atoms with van der Waals surface area (Å²) in [7, 11) is 0. The van der Waals surface area contributed by atoms with Gasteiger partial charge in [-0.15, -0.1) is 0 Å². The Kier molecular flexibility index (Phi) is 3.10. The van der Waals surface area contributed by atoms with Gasteiger partial charge in [-0.05, 0) is 42.2 Å². The van der Waals surface area contributed by atoms with Gasteiger partial charge in [-0.2, -0.15) is 5.10 Å². The molecular weight excluding hydrogens is 308 g/mol. The molecule has 0 atom stereocenters. The molecule has 4 nitrogen and oxygen atoms in total. The molecule has 0 amide bonds. The van der Waals surface area contributed by atoms with Crippen molar-refractivity contribution in [3.8, 4) is 5.69 Å². The average Bonchev–Trinajstić information content (AvgIpc) is 3.24. The van der Waals surface area contributed by atoms with Gasteiger partial charge in [0, 0.05) is 17.5 Å². The van der Waals surface area contributed by atoms with Crippen molar-refractivity contribution in [1.29, 1.82) is 0 Å². The predicted octanol–water partition coefficient (Wildman–Crippen LogP) is 3.89. The third-order valence-electron chi connectivity index (χ3n) is 5.09. The van der Waals surface area contributed by atoms with Crippen molar-refractivity contribution in [3.63, 3.8) is 0 Å². The van der Waals surface area contributed by atoms with Crippen LogP contribution in [-0.4, -0.2) is 14.8 Å². The second-order valence-corrected chi connectivity index (χ2v) is 6.60. The van der Waals surface area contributed by atoms with Crippen LogP contribution in [-0.2, 0) is 12.8 Å². The van der Waals surface area contributed by atoms with Crippen LogP contribution in [0.1, 0.15) is 22.7 Å². The summed E-state index contributed by atoms with van der Waals surface area (Å²) in [5.74, 6) is 0.905. The maximum Gasteiger partial charge on any atom is 0.150 e. The second-order valence-electron chi connectivity index (χ2n) is 6.60. The molecule has 2 N–H and O–H groups in total. The zero-order valence-corrected chi connectivity index (χ0v) is 13.8. The average molecular weight is 326 g/mol. The number of anilines is 1. The fraction of sp³-hybridized carbons (Fsp3) is 0.143. The quantitative estimate of drug-likeness (QED) is 0.608. The maximum atomic E-state index is 6.22. The minimum atomic E-state index is 0.381. The number of para-hydroxylation sites is 1. The van der Waals surface area contributed by atoms with Crippen molar-refractivity contribution in [2.24, 2.45) is 0 Å². The molecule has 0 radical (unpaired) electrons. The Hall–Kier alpha value is -3.14. The van der Waals surface area contributed by atoms with E-state index in [9.17, 15) is 0 Å². The largest absolute Gasteiger partial charge is 0.382 e. The van der Waals surface area contributed by atoms with Gasteiger partial charge in [-0.25, -0.2) is 9.67 Å². The fourth-order valence-electron chi connectivity index (χ4n) is 3.92. The van der Waals surface area contributed by atoms with E-state index in [1.165, 1.54) is 11.1 Å². The Morgan fingerprint density at radius 3 is 2.28 bits per heavy atom. The standard InChI is InChI=1S/C21H18N4/c22-21-20-18(10-11-23-21)19(24-25(20)17-8-2-1-3-9-17)16-12-14-6-4-5-7-15(14)13-16/h1-11,16H,12-13H2,(H2,22,23). The van der Waals surface area contributed by atoms with Crippen LogP contribution in [0.25, 0.3) is 16.6 Å². The number of nitrogens with zero attached hydrogens (tertiary/aromatic N) is 3. The molecule has 2 aromatic carbocycles. The molecule has 5 rings (SSSR count). The lowest BCUT2D eigenvalue weighted by molar-refractivity contribution is 0.698. The molecule has 0 saturated heterocycles. The predicted molar refractivity (Wildman–Crippen MR) is 99.9 cm³/mol. The van der Waals surface area contributed by atoms with Gasteiger partial charge in [0.15, 0.2) is 0 Å². The van der Waals surface area contributed by atoms with Crippen LogP contribution < -0.4 is 5.73 Å². The molecule has 2 aromatic heterocycles. The van der Waals surface area contributed by atoms with Gasteiger partial charge in [0.05, 0.1) is 11.4 Å². The van der Waals surface area contributed by atoms with Crippen LogP contribution in [0.3, 0.4) is 0 Å². The van der Waals surface area contributed by atoms with E-state index in [1.54, 1.807) is 6.20 Å². The van der Waals surface area contributed by atoms with Crippen molar-refractivity contribution in [2.45, 2.75) is 18.8 Å². The van der Waals surface area contributed by atoms with Gasteiger partial charge in [-0.3, -0.25) is 0 Å². The minimum absolute atomic E-state index is 0.381. The Balaban J connectivity index is 1.69. The highest BCUT2D eigenvalue weighted by Gasteiger charge is 2.27. The summed E-state index contributed by atoms with van der Waals surface area (Å²) in [6, 6.07) is 20.8. The number of benzene rings is 2. The molecule has 2 heterocycles. The zero-order valence-electron chi connectivity index (χ0n) is 13.8. The summed E-state index contributed by atoms with van der Waals surface area (Å²) in [6.45, 7) is 0. The van der Waals surface area contributed by atoms with Gasteiger partial charge in [0.25, 0.3) is 0 Å². The molecule has 0 aliphatic heterocycles. The number of fused-ring (bicyclic) bond motifs is 2. The normalized spacial score (nSPS) is 14.1. The van der Waals surface area contributed by atoms with E-state index in [2.05, 4.69) is 29.2 Å². The van der Waals surface area contributed by atoms with Crippen LogP contribution in [0.15, 0.2) is 66.9 Å². The lowest BCUT2D eigenvalue weighted by atomic mass is 9.99. The maximum absolute atomic E-state index is 6.22. The van der Waals surface area contributed by atoms with Gasteiger partial charge >= 0.3 is 0 Å². The van der Waals surface area contributed by atoms with Crippen molar-refractivity contribution in [3.05, 3.63) is 83.7 Å². The molecule has 0 unspecified atom stereocenters. The van der Waals surface area contributed by atoms with Crippen LogP contribution in [0.5, 0.6) is 0 Å². The van der Waals surface area contributed by atoms with E-state index in [-0.39, 0.29) is 0 Å². The molecule has 0 bridgehead atoms. The first-order chi connectivity index (χ1) is 12.3. The highest BCUT2D eigenvalue weighted by atomic mass is 15.3. The Labute approximate surface area is 145 Å². The van der Waals surface area contributed by atoms with E-state index in [0.717, 1.165) is 35.1 Å². The highest BCUT2D eigenvalue weighted by molar-refractivity contribution is 5.91. The summed E-state index contributed by atoms with van der Waals surface area (Å²) in [5.41, 5.74) is 12.1. The van der Waals surface area contributed by atoms with Crippen molar-refractivity contribution >= 4 is 16.7 Å². The lowest BCUT2D eigenvalue weighted by Crippen LogP contribution is -2.02. The third kappa shape index (κ3) is 2.22. The van der Waals surface area contributed by atoms with E-state index in [1.807, 2.05) is 41.1 Å². The number of aromatic nitrogens is 3. The summed E-state index contributed by atoms with van der Waals surface area (Å²) >= 11 is 0. The molecule has 25 heavy (non-hydrogen) atoms. The Morgan fingerprint density at radius 1 is 0.880 bits per heavy atom. The number of hydrogen-bond acceptors (Lipinski definition) is 3. The first-order valence-electron chi connectivity index (χ1n) is 8.56. The second kappa shape index (κ2) is 5.45. The van der Waals surface area contributed by atoms with Gasteiger partial charge in [0.2, 0.25) is 0 Å². The van der Waals surface area contributed by atoms with Crippen LogP contribution in [0.2, 0.25) is 0 Å². The SMILES string of the molecule is Nc1nccc2c(C3Cc4ccccc4C3)nn(-c3ccccc3)c12. The number of pyridine rings is 1. The first kappa shape index (κ1) is 14.2. The van der Waals surface area contributed by atoms with Crippen LogP contribution >= 0.6 is 0 Å². The molecule has 4 heteroatoms.